The summed E-state index contributed by atoms with van der Waals surface area (Å²) < 4.78 is 49.9. The van der Waals surface area contributed by atoms with Gasteiger partial charge in [0.05, 0.1) is 4.47 Å². The van der Waals surface area contributed by atoms with Crippen LogP contribution in [0.1, 0.15) is 12.0 Å². The molecule has 16 heavy (non-hydrogen) atoms. The van der Waals surface area contributed by atoms with Gasteiger partial charge in [-0.25, -0.2) is 4.39 Å². The van der Waals surface area contributed by atoms with Crippen LogP contribution in [0.2, 0.25) is 0 Å². The summed E-state index contributed by atoms with van der Waals surface area (Å²) in [6.45, 7) is 0. The lowest BCUT2D eigenvalue weighted by Crippen LogP contribution is -2.37. The molecule has 0 saturated heterocycles. The monoisotopic (exact) mass is 299 g/mol. The summed E-state index contributed by atoms with van der Waals surface area (Å²) in [4.78, 5) is 0. The third-order valence-corrected chi connectivity index (χ3v) is 2.79. The van der Waals surface area contributed by atoms with Gasteiger partial charge in [0.25, 0.3) is 0 Å². The second-order valence-electron chi connectivity index (χ2n) is 3.40. The number of hydrogen-bond acceptors (Lipinski definition) is 1. The molecule has 0 aliphatic rings. The van der Waals surface area contributed by atoms with Gasteiger partial charge in [-0.3, -0.25) is 0 Å². The first kappa shape index (κ1) is 13.4. The lowest BCUT2D eigenvalue weighted by molar-refractivity contribution is -0.148. The van der Waals surface area contributed by atoms with Crippen LogP contribution >= 0.6 is 15.9 Å². The van der Waals surface area contributed by atoms with Gasteiger partial charge >= 0.3 is 6.18 Å². The Bertz CT molecular complexity index is 364. The third-order valence-electron chi connectivity index (χ3n) is 2.18. The lowest BCUT2D eigenvalue weighted by atomic mass is 10.1. The van der Waals surface area contributed by atoms with Gasteiger partial charge in [-0.15, -0.1) is 0 Å². The molecule has 0 saturated carbocycles. The molecule has 1 unspecified atom stereocenters. The Morgan fingerprint density at radius 3 is 2.50 bits per heavy atom. The molecule has 0 amide bonds. The summed E-state index contributed by atoms with van der Waals surface area (Å²) in [6.07, 6.45) is -4.79. The van der Waals surface area contributed by atoms with Crippen molar-refractivity contribution in [2.24, 2.45) is 5.73 Å². The highest BCUT2D eigenvalue weighted by molar-refractivity contribution is 9.10. The first-order valence-electron chi connectivity index (χ1n) is 4.57. The maximum atomic E-state index is 13.4. The molecule has 1 aromatic carbocycles. The number of aryl methyl sites for hydroxylation is 1. The Balaban J connectivity index is 2.65. The Hall–Kier alpha value is -0.620. The predicted octanol–water partition coefficient (Wildman–Crippen LogP) is 3.41. The van der Waals surface area contributed by atoms with E-state index in [0.717, 1.165) is 0 Å². The normalized spacial score (nSPS) is 13.9. The zero-order valence-corrected chi connectivity index (χ0v) is 9.78. The molecule has 90 valence electrons. The molecule has 2 N–H and O–H groups in total. The molecule has 1 atom stereocenters. The van der Waals surface area contributed by atoms with Crippen LogP contribution in [-0.4, -0.2) is 12.2 Å². The van der Waals surface area contributed by atoms with E-state index >= 15 is 0 Å². The second kappa shape index (κ2) is 5.14. The molecule has 0 aliphatic carbocycles. The molecule has 1 nitrogen and oxygen atoms in total. The Kier molecular flexibility index (Phi) is 4.32. The maximum Gasteiger partial charge on any atom is 0.403 e. The van der Waals surface area contributed by atoms with Gasteiger partial charge in [-0.1, -0.05) is 12.1 Å². The van der Waals surface area contributed by atoms with Gasteiger partial charge in [0.15, 0.2) is 0 Å². The van der Waals surface area contributed by atoms with Crippen molar-refractivity contribution in [2.45, 2.75) is 25.1 Å². The third kappa shape index (κ3) is 3.45. The highest BCUT2D eigenvalue weighted by atomic mass is 79.9. The van der Waals surface area contributed by atoms with Gasteiger partial charge in [0, 0.05) is 0 Å². The molecule has 0 fully saturated rings. The van der Waals surface area contributed by atoms with E-state index in [1.165, 1.54) is 12.1 Å². The number of alkyl halides is 3. The van der Waals surface area contributed by atoms with E-state index in [2.05, 4.69) is 15.9 Å². The minimum atomic E-state index is -4.43. The van der Waals surface area contributed by atoms with Crippen LogP contribution in [0.3, 0.4) is 0 Å². The smallest absolute Gasteiger partial charge is 0.320 e. The molecule has 1 rings (SSSR count). The second-order valence-corrected chi connectivity index (χ2v) is 4.25. The van der Waals surface area contributed by atoms with Gasteiger partial charge in [0.2, 0.25) is 0 Å². The molecule has 0 spiro atoms. The van der Waals surface area contributed by atoms with E-state index in [4.69, 9.17) is 5.73 Å². The van der Waals surface area contributed by atoms with Crippen LogP contribution in [-0.2, 0) is 6.42 Å². The van der Waals surface area contributed by atoms with Crippen LogP contribution in [0.25, 0.3) is 0 Å². The number of nitrogens with two attached hydrogens (primary N) is 1. The Morgan fingerprint density at radius 1 is 1.31 bits per heavy atom. The SMILES string of the molecule is NC(CCc1cccc(Br)c1F)C(F)(F)F. The maximum absolute atomic E-state index is 13.4. The lowest BCUT2D eigenvalue weighted by Gasteiger charge is -2.15. The van der Waals surface area contributed by atoms with Crippen molar-refractivity contribution in [2.75, 3.05) is 0 Å². The van der Waals surface area contributed by atoms with Gasteiger partial charge in [-0.05, 0) is 40.4 Å². The predicted molar refractivity (Wildman–Crippen MR) is 56.5 cm³/mol. The van der Waals surface area contributed by atoms with E-state index in [9.17, 15) is 17.6 Å². The van der Waals surface area contributed by atoms with Crippen LogP contribution < -0.4 is 5.73 Å². The summed E-state index contributed by atoms with van der Waals surface area (Å²) in [7, 11) is 0. The van der Waals surface area contributed by atoms with Crippen LogP contribution in [0, 0.1) is 5.82 Å². The van der Waals surface area contributed by atoms with Crippen molar-refractivity contribution in [3.8, 4) is 0 Å². The van der Waals surface area contributed by atoms with Gasteiger partial charge < -0.3 is 5.73 Å². The largest absolute Gasteiger partial charge is 0.403 e. The van der Waals surface area contributed by atoms with Crippen LogP contribution in [0.5, 0.6) is 0 Å². The number of rotatable bonds is 3. The molecular weight excluding hydrogens is 290 g/mol. The molecule has 0 aromatic heterocycles. The fourth-order valence-electron chi connectivity index (χ4n) is 1.22. The standard InChI is InChI=1S/C10H10BrF4N/c11-7-3-1-2-6(9(7)12)4-5-8(16)10(13,14)15/h1-3,8H,4-5,16H2. The molecule has 1 aromatic rings. The van der Waals surface area contributed by atoms with Crippen molar-refractivity contribution in [1.82, 2.24) is 0 Å². The Morgan fingerprint density at radius 2 is 1.94 bits per heavy atom. The summed E-state index contributed by atoms with van der Waals surface area (Å²) in [5.74, 6) is -0.531. The van der Waals surface area contributed by atoms with Crippen molar-refractivity contribution < 1.29 is 17.6 Å². The highest BCUT2D eigenvalue weighted by Gasteiger charge is 2.36. The van der Waals surface area contributed by atoms with E-state index in [0.29, 0.717) is 0 Å². The average molecular weight is 300 g/mol. The fraction of sp³-hybridized carbons (Fsp3) is 0.400. The molecule has 0 heterocycles. The van der Waals surface area contributed by atoms with Crippen molar-refractivity contribution in [3.05, 3.63) is 34.1 Å². The summed E-state index contributed by atoms with van der Waals surface area (Å²) in [5, 5.41) is 0. The molecule has 6 heteroatoms. The summed E-state index contributed by atoms with van der Waals surface area (Å²) >= 11 is 2.96. The van der Waals surface area contributed by atoms with Gasteiger partial charge in [0.1, 0.15) is 11.9 Å². The van der Waals surface area contributed by atoms with Crippen molar-refractivity contribution in [1.29, 1.82) is 0 Å². The molecule has 0 radical (unpaired) electrons. The first-order chi connectivity index (χ1) is 7.32. The Labute approximate surface area is 98.8 Å². The molecule has 0 aliphatic heterocycles. The topological polar surface area (TPSA) is 26.0 Å². The highest BCUT2D eigenvalue weighted by Crippen LogP contribution is 2.24. The van der Waals surface area contributed by atoms with Crippen molar-refractivity contribution >= 4 is 15.9 Å². The average Bonchev–Trinajstić information content (AvgIpc) is 2.18. The van der Waals surface area contributed by atoms with Crippen LogP contribution in [0.15, 0.2) is 22.7 Å². The quantitative estimate of drug-likeness (QED) is 0.851. The van der Waals surface area contributed by atoms with E-state index in [1.54, 1.807) is 6.07 Å². The first-order valence-corrected chi connectivity index (χ1v) is 5.37. The van der Waals surface area contributed by atoms with Crippen molar-refractivity contribution in [3.63, 3.8) is 0 Å². The molecule has 0 bridgehead atoms. The zero-order chi connectivity index (χ0) is 12.3. The fourth-order valence-corrected chi connectivity index (χ4v) is 1.62. The summed E-state index contributed by atoms with van der Waals surface area (Å²) in [6, 6.07) is 2.60. The minimum absolute atomic E-state index is 0.0358. The number of halogens is 5. The zero-order valence-electron chi connectivity index (χ0n) is 8.19. The van der Waals surface area contributed by atoms with Crippen LogP contribution in [0.4, 0.5) is 17.6 Å². The molecular formula is C10H10BrF4N. The van der Waals surface area contributed by atoms with E-state index < -0.39 is 18.0 Å². The number of hydrogen-bond donors (Lipinski definition) is 1. The van der Waals surface area contributed by atoms with E-state index in [1.807, 2.05) is 0 Å². The van der Waals surface area contributed by atoms with E-state index in [-0.39, 0.29) is 22.9 Å². The number of benzene rings is 1. The minimum Gasteiger partial charge on any atom is -0.320 e. The summed E-state index contributed by atoms with van der Waals surface area (Å²) in [5.41, 5.74) is 5.16. The van der Waals surface area contributed by atoms with Gasteiger partial charge in [-0.2, -0.15) is 13.2 Å².